The Morgan fingerprint density at radius 2 is 1.66 bits per heavy atom. The van der Waals surface area contributed by atoms with Crippen LogP contribution >= 0.6 is 0 Å². The van der Waals surface area contributed by atoms with Gasteiger partial charge >= 0.3 is 12.1 Å². The van der Waals surface area contributed by atoms with Gasteiger partial charge in [-0.1, -0.05) is 17.7 Å². The number of carbonyl (C=O) groups excluding carboxylic acids is 1. The first-order chi connectivity index (χ1) is 17.8. The Balaban J connectivity index is 1.94. The van der Waals surface area contributed by atoms with Crippen molar-refractivity contribution < 1.29 is 37.3 Å². The van der Waals surface area contributed by atoms with Gasteiger partial charge in [0.2, 0.25) is 5.96 Å². The van der Waals surface area contributed by atoms with Crippen LogP contribution in [0, 0.1) is 6.92 Å². The molecule has 0 aliphatic heterocycles. The zero-order chi connectivity index (χ0) is 28.5. The second-order valence-electron chi connectivity index (χ2n) is 8.86. The van der Waals surface area contributed by atoms with E-state index in [9.17, 15) is 23.1 Å². The Morgan fingerprint density at radius 1 is 1.08 bits per heavy atom. The lowest BCUT2D eigenvalue weighted by Gasteiger charge is -2.27. The average Bonchev–Trinajstić information content (AvgIpc) is 2.84. The van der Waals surface area contributed by atoms with E-state index in [1.807, 2.05) is 6.92 Å². The van der Waals surface area contributed by atoms with E-state index in [1.54, 1.807) is 44.2 Å². The van der Waals surface area contributed by atoms with E-state index in [1.165, 1.54) is 26.4 Å². The monoisotopic (exact) mass is 550 g/mol. The number of carboxylic acids is 1. The van der Waals surface area contributed by atoms with Crippen LogP contribution in [0.15, 0.2) is 52.4 Å². The molecule has 38 heavy (non-hydrogen) atoms. The highest BCUT2D eigenvalue weighted by Gasteiger charge is 2.29. The molecule has 12 nitrogen and oxygen atoms in total. The lowest BCUT2D eigenvalue weighted by Crippen LogP contribution is -2.43. The summed E-state index contributed by atoms with van der Waals surface area (Å²) in [6, 6.07) is 9.96. The van der Waals surface area contributed by atoms with Crippen LogP contribution in [0.25, 0.3) is 0 Å². The summed E-state index contributed by atoms with van der Waals surface area (Å²) in [6.07, 6.45) is -0.738. The number of hydrogen-bond donors (Lipinski definition) is 4. The van der Waals surface area contributed by atoms with Crippen LogP contribution in [0.2, 0.25) is 0 Å². The summed E-state index contributed by atoms with van der Waals surface area (Å²) >= 11 is 0. The summed E-state index contributed by atoms with van der Waals surface area (Å²) in [4.78, 5) is 28.2. The average molecular weight is 551 g/mol. The molecule has 0 spiro atoms. The van der Waals surface area contributed by atoms with Crippen molar-refractivity contribution in [2.75, 3.05) is 20.8 Å². The van der Waals surface area contributed by atoms with Crippen molar-refractivity contribution in [2.45, 2.75) is 50.2 Å². The third-order valence-corrected chi connectivity index (χ3v) is 6.86. The summed E-state index contributed by atoms with van der Waals surface area (Å²) in [6.45, 7) is 5.15. The van der Waals surface area contributed by atoms with Crippen LogP contribution in [0.4, 0.5) is 4.79 Å². The highest BCUT2D eigenvalue weighted by Crippen LogP contribution is 2.32. The number of hydrogen-bond acceptors (Lipinski definition) is 8. The van der Waals surface area contributed by atoms with Gasteiger partial charge in [-0.25, -0.2) is 22.7 Å². The van der Waals surface area contributed by atoms with Gasteiger partial charge in [-0.2, -0.15) is 0 Å². The number of aliphatic carboxylic acids is 1. The van der Waals surface area contributed by atoms with Gasteiger partial charge in [-0.05, 0) is 57.9 Å². The van der Waals surface area contributed by atoms with Gasteiger partial charge in [0.15, 0.2) is 0 Å². The Morgan fingerprint density at radius 3 is 2.18 bits per heavy atom. The molecule has 0 saturated carbocycles. The van der Waals surface area contributed by atoms with Gasteiger partial charge in [0.05, 0.1) is 19.1 Å². The number of amides is 1. The normalized spacial score (nSPS) is 12.8. The number of benzene rings is 2. The number of nitrogens with zero attached hydrogens (tertiary/aromatic N) is 1. The topological polar surface area (TPSA) is 179 Å². The van der Waals surface area contributed by atoms with Gasteiger partial charge in [0.25, 0.3) is 10.0 Å². The smallest absolute Gasteiger partial charge is 0.408 e. The number of rotatable bonds is 12. The quantitative estimate of drug-likeness (QED) is 0.175. The number of nitrogens with two attached hydrogens (primary N) is 1. The van der Waals surface area contributed by atoms with Gasteiger partial charge in [0.1, 0.15) is 23.1 Å². The second-order valence-corrected chi connectivity index (χ2v) is 10.5. The molecule has 0 aliphatic rings. The largest absolute Gasteiger partial charge is 0.497 e. The second kappa shape index (κ2) is 13.0. The fourth-order valence-corrected chi connectivity index (χ4v) is 4.27. The maximum atomic E-state index is 12.5. The van der Waals surface area contributed by atoms with Gasteiger partial charge < -0.3 is 30.4 Å². The van der Waals surface area contributed by atoms with Crippen molar-refractivity contribution >= 4 is 28.0 Å². The van der Waals surface area contributed by atoms with Crippen LogP contribution in [-0.2, 0) is 25.2 Å². The molecule has 1 amide bonds. The van der Waals surface area contributed by atoms with Crippen molar-refractivity contribution in [2.24, 2.45) is 10.7 Å². The first-order valence-corrected chi connectivity index (χ1v) is 13.1. The van der Waals surface area contributed by atoms with E-state index in [4.69, 9.17) is 19.9 Å². The van der Waals surface area contributed by atoms with Crippen LogP contribution in [-0.4, -0.2) is 58.4 Å². The first kappa shape index (κ1) is 30.2. The number of carbonyl (C=O) groups is 2. The molecule has 5 N–H and O–H groups in total. The number of guanidine groups is 1. The fraction of sp³-hybridized carbons (Fsp3) is 0.400. The Hall–Kier alpha value is -4.00. The van der Waals surface area contributed by atoms with Crippen LogP contribution in [0.5, 0.6) is 11.5 Å². The first-order valence-electron chi connectivity index (χ1n) is 11.6. The molecule has 0 aromatic heterocycles. The molecule has 0 fully saturated rings. The number of ether oxygens (including phenoxy) is 3. The molecule has 0 aliphatic carbocycles. The number of alkyl carbamates (subject to hydrolysis) is 1. The van der Waals surface area contributed by atoms with Gasteiger partial charge in [-0.15, -0.1) is 0 Å². The van der Waals surface area contributed by atoms with E-state index in [-0.39, 0.29) is 30.2 Å². The molecule has 1 atom stereocenters. The van der Waals surface area contributed by atoms with Gasteiger partial charge in [-0.3, -0.25) is 4.99 Å². The SMILES string of the molecule is COc1cc(OC)cc(C(C)(C)OC(=O)N[C@@H](CCCN=C(N)NS(=O)(=O)c2ccc(C)cc2)C(=O)O)c1. The summed E-state index contributed by atoms with van der Waals surface area (Å²) in [5.74, 6) is -0.596. The maximum absolute atomic E-state index is 12.5. The summed E-state index contributed by atoms with van der Waals surface area (Å²) < 4.78 is 42.9. The van der Waals surface area contributed by atoms with Gasteiger partial charge in [0, 0.05) is 18.2 Å². The lowest BCUT2D eigenvalue weighted by atomic mass is 9.97. The van der Waals surface area contributed by atoms with Crippen molar-refractivity contribution in [1.82, 2.24) is 10.0 Å². The minimum atomic E-state index is -3.90. The molecule has 2 rings (SSSR count). The van der Waals surface area contributed by atoms with E-state index in [0.717, 1.165) is 5.56 Å². The van der Waals surface area contributed by atoms with E-state index >= 15 is 0 Å². The van der Waals surface area contributed by atoms with Crippen LogP contribution in [0.1, 0.15) is 37.8 Å². The predicted molar refractivity (Wildman–Crippen MR) is 141 cm³/mol. The minimum absolute atomic E-state index is 0.000658. The molecule has 0 unspecified atom stereocenters. The maximum Gasteiger partial charge on any atom is 0.408 e. The third kappa shape index (κ3) is 8.83. The predicted octanol–water partition coefficient (Wildman–Crippen LogP) is 2.50. The zero-order valence-electron chi connectivity index (χ0n) is 22.0. The Bertz CT molecular complexity index is 1240. The fourth-order valence-electron chi connectivity index (χ4n) is 3.32. The molecule has 13 heteroatoms. The van der Waals surface area contributed by atoms with E-state index < -0.39 is 33.7 Å². The number of carboxylic acid groups (broad SMARTS) is 1. The van der Waals surface area contributed by atoms with Crippen molar-refractivity contribution in [3.8, 4) is 11.5 Å². The lowest BCUT2D eigenvalue weighted by molar-refractivity contribution is -0.139. The van der Waals surface area contributed by atoms with Crippen molar-refractivity contribution in [3.63, 3.8) is 0 Å². The molecule has 0 saturated heterocycles. The molecule has 2 aromatic rings. The zero-order valence-corrected chi connectivity index (χ0v) is 22.8. The molecule has 208 valence electrons. The van der Waals surface area contributed by atoms with Crippen molar-refractivity contribution in [3.05, 3.63) is 53.6 Å². The Labute approximate surface area is 222 Å². The molecule has 0 heterocycles. The number of aryl methyl sites for hydroxylation is 1. The molecule has 2 aromatic carbocycles. The number of nitrogens with one attached hydrogen (secondary N) is 2. The number of aliphatic imine (C=N–C) groups is 1. The summed E-state index contributed by atoms with van der Waals surface area (Å²) in [7, 11) is -0.911. The summed E-state index contributed by atoms with van der Waals surface area (Å²) in [5.41, 5.74) is 6.03. The highest BCUT2D eigenvalue weighted by molar-refractivity contribution is 7.90. The number of methoxy groups -OCH3 is 2. The van der Waals surface area contributed by atoms with Crippen molar-refractivity contribution in [1.29, 1.82) is 0 Å². The molecular formula is C25H34N4O8S. The van der Waals surface area contributed by atoms with Crippen LogP contribution < -0.4 is 25.2 Å². The van der Waals surface area contributed by atoms with E-state index in [2.05, 4.69) is 15.0 Å². The third-order valence-electron chi connectivity index (χ3n) is 5.49. The standard InChI is InChI=1S/C25H34N4O8S/c1-16-8-10-20(11-9-16)38(33,34)29-23(26)27-12-6-7-21(22(30)31)28-24(32)37-25(2,3)17-13-18(35-4)15-19(14-17)36-5/h8-11,13-15,21H,6-7,12H2,1-5H3,(H,28,32)(H,30,31)(H3,26,27,29)/t21-/m0/s1. The Kier molecular flexibility index (Phi) is 10.3. The number of sulfonamides is 1. The van der Waals surface area contributed by atoms with Crippen LogP contribution in [0.3, 0.4) is 0 Å². The van der Waals surface area contributed by atoms with E-state index in [0.29, 0.717) is 17.1 Å². The summed E-state index contributed by atoms with van der Waals surface area (Å²) in [5, 5.41) is 11.9. The molecule has 0 radical (unpaired) electrons. The highest BCUT2D eigenvalue weighted by atomic mass is 32.2. The minimum Gasteiger partial charge on any atom is -0.497 e. The molecule has 0 bridgehead atoms. The molecular weight excluding hydrogens is 516 g/mol.